The number of thiazole rings is 1. The molecule has 0 saturated carbocycles. The second kappa shape index (κ2) is 5.57. The molecule has 1 fully saturated rings. The Kier molecular flexibility index (Phi) is 4.28. The first-order chi connectivity index (χ1) is 8.56. The smallest absolute Gasteiger partial charge is 0.185 e. The van der Waals surface area contributed by atoms with Gasteiger partial charge in [0.2, 0.25) is 0 Å². The van der Waals surface area contributed by atoms with Crippen molar-refractivity contribution in [2.24, 2.45) is 17.6 Å². The van der Waals surface area contributed by atoms with Gasteiger partial charge in [0.1, 0.15) is 0 Å². The fourth-order valence-corrected chi connectivity index (χ4v) is 3.57. The molecule has 1 aliphatic heterocycles. The van der Waals surface area contributed by atoms with Crippen molar-refractivity contribution in [2.75, 3.05) is 18.0 Å². The fourth-order valence-electron chi connectivity index (χ4n) is 2.50. The highest BCUT2D eigenvalue weighted by molar-refractivity contribution is 7.15. The fraction of sp³-hybridized carbons (Fsp3) is 0.786. The number of rotatable bonds is 4. The number of anilines is 1. The van der Waals surface area contributed by atoms with Crippen LogP contribution in [0.4, 0.5) is 5.13 Å². The predicted molar refractivity (Wildman–Crippen MR) is 79.3 cm³/mol. The summed E-state index contributed by atoms with van der Waals surface area (Å²) < 4.78 is 0. The van der Waals surface area contributed by atoms with E-state index in [0.717, 1.165) is 31.3 Å². The van der Waals surface area contributed by atoms with Gasteiger partial charge in [0.25, 0.3) is 0 Å². The Morgan fingerprint density at radius 2 is 2.00 bits per heavy atom. The first kappa shape index (κ1) is 13.8. The second-order valence-corrected chi connectivity index (χ2v) is 6.74. The zero-order valence-corrected chi connectivity index (χ0v) is 12.8. The summed E-state index contributed by atoms with van der Waals surface area (Å²) in [4.78, 5) is 8.57. The molecule has 4 heteroatoms. The van der Waals surface area contributed by atoms with Gasteiger partial charge in [0.15, 0.2) is 5.13 Å². The van der Waals surface area contributed by atoms with Gasteiger partial charge in [-0.05, 0) is 24.2 Å². The molecule has 3 nitrogen and oxygen atoms in total. The van der Waals surface area contributed by atoms with Gasteiger partial charge in [-0.3, -0.25) is 0 Å². The summed E-state index contributed by atoms with van der Waals surface area (Å²) in [6.45, 7) is 12.0. The molecule has 2 N–H and O–H groups in total. The average Bonchev–Trinajstić information content (AvgIpc) is 2.93. The quantitative estimate of drug-likeness (QED) is 0.911. The van der Waals surface area contributed by atoms with Gasteiger partial charge in [-0.25, -0.2) is 4.98 Å². The van der Waals surface area contributed by atoms with Gasteiger partial charge in [0.05, 0.1) is 5.69 Å². The zero-order valence-electron chi connectivity index (χ0n) is 11.9. The largest absolute Gasteiger partial charge is 0.348 e. The Labute approximate surface area is 114 Å². The monoisotopic (exact) mass is 267 g/mol. The number of hydrogen-bond acceptors (Lipinski definition) is 4. The summed E-state index contributed by atoms with van der Waals surface area (Å²) in [5.41, 5.74) is 7.09. The van der Waals surface area contributed by atoms with Crippen molar-refractivity contribution in [1.29, 1.82) is 0 Å². The van der Waals surface area contributed by atoms with Gasteiger partial charge in [-0.2, -0.15) is 0 Å². The SMILES string of the molecule is CCC(C)c1nc(N2CC(C)C(C)C2)sc1CN. The van der Waals surface area contributed by atoms with Crippen LogP contribution in [0, 0.1) is 11.8 Å². The number of hydrogen-bond donors (Lipinski definition) is 1. The molecule has 1 aromatic rings. The van der Waals surface area contributed by atoms with Crippen molar-refractivity contribution < 1.29 is 0 Å². The van der Waals surface area contributed by atoms with Crippen LogP contribution in [0.2, 0.25) is 0 Å². The van der Waals surface area contributed by atoms with E-state index in [-0.39, 0.29) is 0 Å². The molecule has 1 saturated heterocycles. The first-order valence-corrected chi connectivity index (χ1v) is 7.83. The third-order valence-corrected chi connectivity index (χ3v) is 5.39. The van der Waals surface area contributed by atoms with Crippen LogP contribution in [0.5, 0.6) is 0 Å². The van der Waals surface area contributed by atoms with Gasteiger partial charge < -0.3 is 10.6 Å². The Hall–Kier alpha value is -0.610. The third kappa shape index (κ3) is 2.54. The molecule has 1 aliphatic rings. The summed E-state index contributed by atoms with van der Waals surface area (Å²) in [5.74, 6) is 2.05. The predicted octanol–water partition coefficient (Wildman–Crippen LogP) is 3.21. The molecule has 18 heavy (non-hydrogen) atoms. The zero-order chi connectivity index (χ0) is 13.3. The highest BCUT2D eigenvalue weighted by Gasteiger charge is 2.29. The van der Waals surface area contributed by atoms with Gasteiger partial charge in [0, 0.05) is 24.5 Å². The van der Waals surface area contributed by atoms with Crippen molar-refractivity contribution in [1.82, 2.24) is 4.98 Å². The van der Waals surface area contributed by atoms with Crippen molar-refractivity contribution in [3.05, 3.63) is 10.6 Å². The molecule has 0 aromatic carbocycles. The molecular formula is C14H25N3S. The van der Waals surface area contributed by atoms with E-state index in [4.69, 9.17) is 10.7 Å². The lowest BCUT2D eigenvalue weighted by molar-refractivity contribution is 0.494. The van der Waals surface area contributed by atoms with Crippen LogP contribution in [0.3, 0.4) is 0 Å². The van der Waals surface area contributed by atoms with Crippen LogP contribution < -0.4 is 10.6 Å². The van der Waals surface area contributed by atoms with E-state index >= 15 is 0 Å². The maximum Gasteiger partial charge on any atom is 0.185 e. The molecule has 0 aliphatic carbocycles. The van der Waals surface area contributed by atoms with E-state index in [9.17, 15) is 0 Å². The molecule has 0 spiro atoms. The maximum atomic E-state index is 5.86. The number of nitrogens with zero attached hydrogens (tertiary/aromatic N) is 2. The van der Waals surface area contributed by atoms with E-state index < -0.39 is 0 Å². The third-order valence-electron chi connectivity index (χ3n) is 4.24. The highest BCUT2D eigenvalue weighted by atomic mass is 32.1. The topological polar surface area (TPSA) is 42.2 Å². The summed E-state index contributed by atoms with van der Waals surface area (Å²) in [6, 6.07) is 0. The van der Waals surface area contributed by atoms with Gasteiger partial charge in [-0.1, -0.05) is 27.7 Å². The average molecular weight is 267 g/mol. The molecule has 2 heterocycles. The Bertz CT molecular complexity index is 392. The minimum Gasteiger partial charge on any atom is -0.348 e. The molecule has 2 rings (SSSR count). The van der Waals surface area contributed by atoms with Crippen molar-refractivity contribution >= 4 is 16.5 Å². The molecule has 1 aromatic heterocycles. The van der Waals surface area contributed by atoms with Crippen LogP contribution >= 0.6 is 11.3 Å². The Morgan fingerprint density at radius 3 is 2.50 bits per heavy atom. The van der Waals surface area contributed by atoms with Gasteiger partial charge >= 0.3 is 0 Å². The molecule has 3 unspecified atom stereocenters. The van der Waals surface area contributed by atoms with Crippen LogP contribution in [-0.2, 0) is 6.54 Å². The second-order valence-electron chi connectivity index (χ2n) is 5.68. The standard InChI is InChI=1S/C14H25N3S/c1-5-9(2)13-12(6-15)18-14(16-13)17-7-10(3)11(4)8-17/h9-11H,5-8,15H2,1-4H3. The normalized spacial score (nSPS) is 25.7. The minimum atomic E-state index is 0.519. The van der Waals surface area contributed by atoms with E-state index in [1.165, 1.54) is 15.7 Å². The molecule has 3 atom stereocenters. The minimum absolute atomic E-state index is 0.519. The molecule has 102 valence electrons. The lowest BCUT2D eigenvalue weighted by Crippen LogP contribution is -2.19. The Balaban J connectivity index is 2.22. The maximum absolute atomic E-state index is 5.86. The summed E-state index contributed by atoms with van der Waals surface area (Å²) in [6.07, 6.45) is 1.13. The van der Waals surface area contributed by atoms with Crippen LogP contribution in [0.15, 0.2) is 0 Å². The number of aromatic nitrogens is 1. The van der Waals surface area contributed by atoms with Crippen molar-refractivity contribution in [3.63, 3.8) is 0 Å². The summed E-state index contributed by atoms with van der Waals surface area (Å²) in [7, 11) is 0. The van der Waals surface area contributed by atoms with Crippen LogP contribution in [0.25, 0.3) is 0 Å². The first-order valence-electron chi connectivity index (χ1n) is 7.01. The van der Waals surface area contributed by atoms with E-state index in [1.54, 1.807) is 11.3 Å². The van der Waals surface area contributed by atoms with E-state index in [1.807, 2.05) is 0 Å². The lowest BCUT2D eigenvalue weighted by Gasteiger charge is -2.13. The van der Waals surface area contributed by atoms with E-state index in [2.05, 4.69) is 32.6 Å². The van der Waals surface area contributed by atoms with Crippen LogP contribution in [0.1, 0.15) is 50.6 Å². The summed E-state index contributed by atoms with van der Waals surface area (Å²) >= 11 is 1.79. The Morgan fingerprint density at radius 1 is 1.39 bits per heavy atom. The molecule has 0 radical (unpaired) electrons. The number of nitrogens with two attached hydrogens (primary N) is 1. The molecule has 0 amide bonds. The van der Waals surface area contributed by atoms with Crippen molar-refractivity contribution in [3.8, 4) is 0 Å². The highest BCUT2D eigenvalue weighted by Crippen LogP contribution is 2.35. The van der Waals surface area contributed by atoms with E-state index in [0.29, 0.717) is 12.5 Å². The van der Waals surface area contributed by atoms with Crippen molar-refractivity contribution in [2.45, 2.75) is 46.6 Å². The van der Waals surface area contributed by atoms with Crippen LogP contribution in [-0.4, -0.2) is 18.1 Å². The molecular weight excluding hydrogens is 242 g/mol. The molecule has 0 bridgehead atoms. The van der Waals surface area contributed by atoms with Gasteiger partial charge in [-0.15, -0.1) is 11.3 Å². The summed E-state index contributed by atoms with van der Waals surface area (Å²) in [5, 5.41) is 1.18. The lowest BCUT2D eigenvalue weighted by atomic mass is 10.0.